The number of benzene rings is 2. The molecule has 1 aromatic heterocycles. The average Bonchev–Trinajstić information content (AvgIpc) is 2.61. The molecule has 0 fully saturated rings. The van der Waals surface area contributed by atoms with Crippen LogP contribution in [0.3, 0.4) is 0 Å². The quantitative estimate of drug-likeness (QED) is 0.374. The van der Waals surface area contributed by atoms with E-state index in [1.54, 1.807) is 18.2 Å². The molecule has 0 aliphatic rings. The number of hydrogen-bond acceptors (Lipinski definition) is 6. The summed E-state index contributed by atoms with van der Waals surface area (Å²) >= 11 is 7.02. The first-order chi connectivity index (χ1) is 12.6. The minimum absolute atomic E-state index is 0.0181. The molecule has 2 aromatic carbocycles. The van der Waals surface area contributed by atoms with Crippen LogP contribution in [-0.4, -0.2) is 20.2 Å². The third kappa shape index (κ3) is 5.47. The molecular weight excluding hydrogens is 370 g/mol. The summed E-state index contributed by atoms with van der Waals surface area (Å²) in [6, 6.07) is 18.1. The Balaban J connectivity index is 1.63. The van der Waals surface area contributed by atoms with Crippen LogP contribution in [0.25, 0.3) is 0 Å². The van der Waals surface area contributed by atoms with Crippen molar-refractivity contribution in [2.45, 2.75) is 18.0 Å². The zero-order chi connectivity index (χ0) is 18.4. The number of carbonyl (C=O) groups is 1. The zero-order valence-corrected chi connectivity index (χ0v) is 15.3. The molecule has 5 nitrogen and oxygen atoms in total. The number of aromatic hydroxyl groups is 1. The van der Waals surface area contributed by atoms with Gasteiger partial charge in [0.1, 0.15) is 16.6 Å². The number of halogens is 1. The van der Waals surface area contributed by atoms with E-state index in [0.717, 1.165) is 22.9 Å². The number of carbonyl (C=O) groups excluding carboxylic acids is 1. The van der Waals surface area contributed by atoms with E-state index in [9.17, 15) is 9.90 Å². The first-order valence-corrected chi connectivity index (χ1v) is 9.09. The lowest BCUT2D eigenvalue weighted by Crippen LogP contribution is -2.03. The van der Waals surface area contributed by atoms with E-state index in [4.69, 9.17) is 11.6 Å². The van der Waals surface area contributed by atoms with Crippen LogP contribution in [0.1, 0.15) is 11.1 Å². The second kappa shape index (κ2) is 8.69. The fraction of sp³-hybridized carbons (Fsp3) is 0.105. The molecule has 1 heterocycles. The van der Waals surface area contributed by atoms with Crippen LogP contribution in [0.5, 0.6) is 5.75 Å². The maximum Gasteiger partial charge on any atom is 0.225 e. The number of aromatic nitrogens is 2. The average molecular weight is 386 g/mol. The first-order valence-electron chi connectivity index (χ1n) is 7.89. The Morgan fingerprint density at radius 2 is 1.77 bits per heavy atom. The molecular formula is C19H16ClN3O2S. The van der Waals surface area contributed by atoms with Gasteiger partial charge in [0, 0.05) is 19.0 Å². The Bertz CT molecular complexity index is 889. The standard InChI is InChI=1S/C19H16ClN3O2S/c20-19-22-16(21-12-14-6-8-15(24)9-7-14)11-17(23-19)26-18(25)10-13-4-2-1-3-5-13/h1-9,11,24H,10,12H2,(H,21,22,23). The molecule has 7 heteroatoms. The molecule has 0 saturated carbocycles. The van der Waals surface area contributed by atoms with Crippen molar-refractivity contribution < 1.29 is 9.90 Å². The maximum atomic E-state index is 12.2. The second-order valence-corrected chi connectivity index (χ2v) is 6.93. The molecule has 132 valence electrons. The topological polar surface area (TPSA) is 75.1 Å². The van der Waals surface area contributed by atoms with E-state index in [0.29, 0.717) is 23.8 Å². The SMILES string of the molecule is O=C(Cc1ccccc1)Sc1cc(NCc2ccc(O)cc2)nc(Cl)n1. The Labute approximate surface area is 160 Å². The van der Waals surface area contributed by atoms with Crippen molar-refractivity contribution in [2.75, 3.05) is 5.32 Å². The van der Waals surface area contributed by atoms with Crippen LogP contribution in [0.15, 0.2) is 65.7 Å². The second-order valence-electron chi connectivity index (χ2n) is 5.52. The molecule has 0 amide bonds. The van der Waals surface area contributed by atoms with E-state index < -0.39 is 0 Å². The van der Waals surface area contributed by atoms with Gasteiger partial charge in [-0.2, -0.15) is 0 Å². The molecule has 0 saturated heterocycles. The van der Waals surface area contributed by atoms with E-state index >= 15 is 0 Å². The first kappa shape index (κ1) is 18.2. The van der Waals surface area contributed by atoms with Crippen LogP contribution in [-0.2, 0) is 17.8 Å². The van der Waals surface area contributed by atoms with Gasteiger partial charge in [0.2, 0.25) is 5.28 Å². The van der Waals surface area contributed by atoms with Gasteiger partial charge in [-0.15, -0.1) is 0 Å². The molecule has 3 aromatic rings. The van der Waals surface area contributed by atoms with Crippen molar-refractivity contribution in [2.24, 2.45) is 0 Å². The summed E-state index contributed by atoms with van der Waals surface area (Å²) in [5.41, 5.74) is 1.93. The highest BCUT2D eigenvalue weighted by Gasteiger charge is 2.10. The maximum absolute atomic E-state index is 12.2. The summed E-state index contributed by atoms with van der Waals surface area (Å²) in [5.74, 6) is 0.752. The molecule has 0 bridgehead atoms. The molecule has 0 unspecified atom stereocenters. The number of phenols is 1. The van der Waals surface area contributed by atoms with Crippen molar-refractivity contribution >= 4 is 34.3 Å². The van der Waals surface area contributed by atoms with Gasteiger partial charge in [0.25, 0.3) is 0 Å². The van der Waals surface area contributed by atoms with E-state index in [2.05, 4.69) is 15.3 Å². The summed E-state index contributed by atoms with van der Waals surface area (Å²) in [6.45, 7) is 0.510. The van der Waals surface area contributed by atoms with Crippen LogP contribution in [0.2, 0.25) is 5.28 Å². The highest BCUT2D eigenvalue weighted by atomic mass is 35.5. The zero-order valence-electron chi connectivity index (χ0n) is 13.7. The smallest absolute Gasteiger partial charge is 0.225 e. The Morgan fingerprint density at radius 1 is 1.04 bits per heavy atom. The molecule has 0 aliphatic heterocycles. The van der Waals surface area contributed by atoms with Gasteiger partial charge in [-0.1, -0.05) is 42.5 Å². The third-order valence-electron chi connectivity index (χ3n) is 3.50. The van der Waals surface area contributed by atoms with Crippen molar-refractivity contribution in [1.29, 1.82) is 0 Å². The lowest BCUT2D eigenvalue weighted by atomic mass is 10.2. The summed E-state index contributed by atoms with van der Waals surface area (Å²) in [4.78, 5) is 20.5. The van der Waals surface area contributed by atoms with Crippen LogP contribution >= 0.6 is 23.4 Å². The fourth-order valence-corrected chi connectivity index (χ4v) is 3.27. The lowest BCUT2D eigenvalue weighted by Gasteiger charge is -2.08. The Morgan fingerprint density at radius 3 is 2.50 bits per heavy atom. The number of nitrogens with one attached hydrogen (secondary N) is 1. The Kier molecular flexibility index (Phi) is 6.09. The predicted octanol–water partition coefficient (Wildman–Crippen LogP) is 4.31. The number of thioether (sulfide) groups is 1. The number of nitrogens with zero attached hydrogens (tertiary/aromatic N) is 2. The number of rotatable bonds is 6. The van der Waals surface area contributed by atoms with E-state index in [-0.39, 0.29) is 16.1 Å². The van der Waals surface area contributed by atoms with E-state index in [1.807, 2.05) is 42.5 Å². The normalized spacial score (nSPS) is 10.5. The minimum atomic E-state index is -0.0181. The van der Waals surface area contributed by atoms with Crippen LogP contribution in [0.4, 0.5) is 5.82 Å². The fourth-order valence-electron chi connectivity index (χ4n) is 2.26. The van der Waals surface area contributed by atoms with Crippen molar-refractivity contribution in [3.05, 3.63) is 77.1 Å². The highest BCUT2D eigenvalue weighted by molar-refractivity contribution is 8.13. The highest BCUT2D eigenvalue weighted by Crippen LogP contribution is 2.23. The van der Waals surface area contributed by atoms with Gasteiger partial charge in [-0.05, 0) is 46.6 Å². The predicted molar refractivity (Wildman–Crippen MR) is 103 cm³/mol. The summed E-state index contributed by atoms with van der Waals surface area (Å²) < 4.78 is 0. The van der Waals surface area contributed by atoms with Gasteiger partial charge in [-0.3, -0.25) is 4.79 Å². The van der Waals surface area contributed by atoms with Crippen LogP contribution < -0.4 is 5.32 Å². The van der Waals surface area contributed by atoms with Crippen molar-refractivity contribution in [1.82, 2.24) is 9.97 Å². The van der Waals surface area contributed by atoms with Crippen molar-refractivity contribution in [3.8, 4) is 5.75 Å². The Hall–Kier alpha value is -2.57. The number of phenolic OH excluding ortho intramolecular Hbond substituents is 1. The van der Waals surface area contributed by atoms with E-state index in [1.165, 1.54) is 0 Å². The molecule has 26 heavy (non-hydrogen) atoms. The van der Waals surface area contributed by atoms with Gasteiger partial charge >= 0.3 is 0 Å². The number of hydrogen-bond donors (Lipinski definition) is 2. The summed E-state index contributed by atoms with van der Waals surface area (Å²) in [6.07, 6.45) is 0.323. The molecule has 0 spiro atoms. The molecule has 0 aliphatic carbocycles. The van der Waals surface area contributed by atoms with Gasteiger partial charge in [0.05, 0.1) is 0 Å². The van der Waals surface area contributed by atoms with Crippen LogP contribution in [0, 0.1) is 0 Å². The van der Waals surface area contributed by atoms with Gasteiger partial charge in [0.15, 0.2) is 5.12 Å². The van der Waals surface area contributed by atoms with Gasteiger partial charge < -0.3 is 10.4 Å². The molecule has 3 rings (SSSR count). The molecule has 0 radical (unpaired) electrons. The summed E-state index contributed by atoms with van der Waals surface area (Å²) in [7, 11) is 0. The molecule has 2 N–H and O–H groups in total. The van der Waals surface area contributed by atoms with Crippen molar-refractivity contribution in [3.63, 3.8) is 0 Å². The third-order valence-corrected chi connectivity index (χ3v) is 4.45. The largest absolute Gasteiger partial charge is 0.508 e. The minimum Gasteiger partial charge on any atom is -0.508 e. The molecule has 0 atom stereocenters. The van der Waals surface area contributed by atoms with Gasteiger partial charge in [-0.25, -0.2) is 9.97 Å². The monoisotopic (exact) mass is 385 g/mol. The number of anilines is 1. The summed E-state index contributed by atoms with van der Waals surface area (Å²) in [5, 5.41) is 13.0. The lowest BCUT2D eigenvalue weighted by molar-refractivity contribution is -0.110.